The van der Waals surface area contributed by atoms with Gasteiger partial charge in [-0.05, 0) is 60.7 Å². The molecule has 1 saturated heterocycles. The maximum absolute atomic E-state index is 13.2. The first-order valence-corrected chi connectivity index (χ1v) is 12.0. The molecule has 3 aromatic heterocycles. The number of alkyl halides is 3. The molecule has 4 heterocycles. The topological polar surface area (TPSA) is 88.8 Å². The quantitative estimate of drug-likeness (QED) is 0.397. The van der Waals surface area contributed by atoms with Gasteiger partial charge in [-0.3, -0.25) is 9.59 Å². The number of likely N-dealkylation sites (tertiary alicyclic amines) is 1. The number of anilines is 1. The van der Waals surface area contributed by atoms with Gasteiger partial charge < -0.3 is 15.0 Å². The average Bonchev–Trinajstić information content (AvgIpc) is 3.40. The van der Waals surface area contributed by atoms with E-state index < -0.39 is 17.8 Å². The summed E-state index contributed by atoms with van der Waals surface area (Å²) in [6, 6.07) is 14.8. The van der Waals surface area contributed by atoms with Gasteiger partial charge >= 0.3 is 6.18 Å². The standard InChI is InChI=1S/C27H24F3N5O3/c1-38-24-16-20(15-23(33-24)27(28,29)30)26(37)34-11-7-18(8-12-34)17-2-4-21(5-3-17)32-25(36)19-9-13-35-22(14-19)6-10-31-35/h2-6,9-10,13-16,18H,7-8,11-12H2,1H3,(H,32,36). The number of benzene rings is 1. The molecule has 0 unspecified atom stereocenters. The Morgan fingerprint density at radius 2 is 1.74 bits per heavy atom. The molecule has 0 spiro atoms. The molecule has 1 fully saturated rings. The number of fused-ring (bicyclic) bond motifs is 1. The zero-order valence-corrected chi connectivity index (χ0v) is 20.4. The first-order valence-electron chi connectivity index (χ1n) is 12.0. The van der Waals surface area contributed by atoms with Crippen LogP contribution in [0.25, 0.3) is 5.52 Å². The summed E-state index contributed by atoms with van der Waals surface area (Å²) in [6.45, 7) is 0.816. The molecule has 1 aliphatic heterocycles. The molecule has 0 saturated carbocycles. The number of nitrogens with zero attached hydrogens (tertiary/aromatic N) is 4. The van der Waals surface area contributed by atoms with Gasteiger partial charge in [-0.2, -0.15) is 18.3 Å². The molecule has 0 aliphatic carbocycles. The number of halogens is 3. The number of piperidine rings is 1. The maximum atomic E-state index is 13.2. The second-order valence-electron chi connectivity index (χ2n) is 9.04. The molecule has 8 nitrogen and oxygen atoms in total. The molecule has 0 atom stereocenters. The fraction of sp³-hybridized carbons (Fsp3) is 0.259. The Morgan fingerprint density at radius 3 is 2.42 bits per heavy atom. The monoisotopic (exact) mass is 523 g/mol. The summed E-state index contributed by atoms with van der Waals surface area (Å²) >= 11 is 0. The fourth-order valence-electron chi connectivity index (χ4n) is 4.58. The lowest BCUT2D eigenvalue weighted by Gasteiger charge is -2.32. The Labute approximate surface area is 216 Å². The summed E-state index contributed by atoms with van der Waals surface area (Å²) < 4.78 is 46.1. The first kappa shape index (κ1) is 25.2. The number of aromatic nitrogens is 3. The largest absolute Gasteiger partial charge is 0.481 e. The normalized spacial score (nSPS) is 14.5. The molecular weight excluding hydrogens is 499 g/mol. The number of carbonyl (C=O) groups excluding carboxylic acids is 2. The van der Waals surface area contributed by atoms with E-state index >= 15 is 0 Å². The van der Waals surface area contributed by atoms with Gasteiger partial charge in [0.25, 0.3) is 11.8 Å². The summed E-state index contributed by atoms with van der Waals surface area (Å²) in [6.07, 6.45) is 0.0330. The molecule has 11 heteroatoms. The predicted molar refractivity (Wildman–Crippen MR) is 133 cm³/mol. The zero-order valence-electron chi connectivity index (χ0n) is 20.4. The maximum Gasteiger partial charge on any atom is 0.433 e. The van der Waals surface area contributed by atoms with Crippen LogP contribution in [0.2, 0.25) is 0 Å². The smallest absolute Gasteiger partial charge is 0.433 e. The predicted octanol–water partition coefficient (Wildman–Crippen LogP) is 5.03. The minimum atomic E-state index is -4.68. The van der Waals surface area contributed by atoms with E-state index in [9.17, 15) is 22.8 Å². The van der Waals surface area contributed by atoms with Gasteiger partial charge in [0.2, 0.25) is 5.88 Å². The number of ether oxygens (including phenoxy) is 1. The van der Waals surface area contributed by atoms with E-state index in [1.54, 1.807) is 33.9 Å². The SMILES string of the molecule is COc1cc(C(=O)N2CCC(c3ccc(NC(=O)c4ccn5nccc5c4)cc3)CC2)cc(C(F)(F)F)n1. The lowest BCUT2D eigenvalue weighted by Crippen LogP contribution is -2.38. The summed E-state index contributed by atoms with van der Waals surface area (Å²) in [5.74, 6) is -0.782. The first-order chi connectivity index (χ1) is 18.2. The van der Waals surface area contributed by atoms with E-state index in [4.69, 9.17) is 4.74 Å². The van der Waals surface area contributed by atoms with Gasteiger partial charge in [0.1, 0.15) is 5.69 Å². The summed E-state index contributed by atoms with van der Waals surface area (Å²) in [7, 11) is 1.21. The summed E-state index contributed by atoms with van der Waals surface area (Å²) in [5, 5.41) is 7.01. The van der Waals surface area contributed by atoms with E-state index in [2.05, 4.69) is 15.4 Å². The Hall–Kier alpha value is -4.41. The number of pyridine rings is 2. The second kappa shape index (κ2) is 10.2. The van der Waals surface area contributed by atoms with E-state index in [1.165, 1.54) is 13.2 Å². The Balaban J connectivity index is 1.20. The molecule has 1 aliphatic rings. The van der Waals surface area contributed by atoms with Crippen LogP contribution in [0, 0.1) is 0 Å². The highest BCUT2D eigenvalue weighted by Gasteiger charge is 2.35. The number of carbonyl (C=O) groups is 2. The van der Waals surface area contributed by atoms with Crippen LogP contribution in [-0.4, -0.2) is 51.5 Å². The minimum Gasteiger partial charge on any atom is -0.481 e. The molecule has 0 radical (unpaired) electrons. The average molecular weight is 524 g/mol. The molecule has 1 aromatic carbocycles. The molecule has 38 heavy (non-hydrogen) atoms. The Bertz CT molecular complexity index is 1480. The Kier molecular flexibility index (Phi) is 6.75. The minimum absolute atomic E-state index is 0.102. The lowest BCUT2D eigenvalue weighted by atomic mass is 9.89. The molecule has 0 bridgehead atoms. The van der Waals surface area contributed by atoms with Gasteiger partial charge in [-0.25, -0.2) is 9.50 Å². The Morgan fingerprint density at radius 1 is 1.00 bits per heavy atom. The van der Waals surface area contributed by atoms with Crippen molar-refractivity contribution in [3.05, 3.63) is 89.4 Å². The van der Waals surface area contributed by atoms with E-state index in [-0.39, 0.29) is 23.3 Å². The number of methoxy groups -OCH3 is 1. The highest BCUT2D eigenvalue weighted by atomic mass is 19.4. The molecule has 5 rings (SSSR count). The molecule has 2 amide bonds. The molecule has 196 valence electrons. The number of hydrogen-bond acceptors (Lipinski definition) is 5. The molecule has 4 aromatic rings. The summed E-state index contributed by atoms with van der Waals surface area (Å²) in [5.41, 5.74) is 1.81. The second-order valence-corrected chi connectivity index (χ2v) is 9.04. The van der Waals surface area contributed by atoms with Gasteiger partial charge in [0, 0.05) is 48.4 Å². The summed E-state index contributed by atoms with van der Waals surface area (Å²) in [4.78, 5) is 30.5. The van der Waals surface area contributed by atoms with Crippen LogP contribution >= 0.6 is 0 Å². The van der Waals surface area contributed by atoms with Crippen molar-refractivity contribution in [2.45, 2.75) is 24.9 Å². The van der Waals surface area contributed by atoms with Crippen LogP contribution in [0.5, 0.6) is 5.88 Å². The molecular formula is C27H24F3N5O3. The van der Waals surface area contributed by atoms with Crippen molar-refractivity contribution < 1.29 is 27.5 Å². The number of hydrogen-bond donors (Lipinski definition) is 1. The van der Waals surface area contributed by atoms with Crippen molar-refractivity contribution in [3.63, 3.8) is 0 Å². The zero-order chi connectivity index (χ0) is 26.9. The van der Waals surface area contributed by atoms with E-state index in [0.717, 1.165) is 17.1 Å². The van der Waals surface area contributed by atoms with Crippen LogP contribution in [-0.2, 0) is 6.18 Å². The lowest BCUT2D eigenvalue weighted by molar-refractivity contribution is -0.141. The highest BCUT2D eigenvalue weighted by Crippen LogP contribution is 2.32. The number of rotatable bonds is 5. The highest BCUT2D eigenvalue weighted by molar-refractivity contribution is 6.04. The van der Waals surface area contributed by atoms with E-state index in [0.29, 0.717) is 37.2 Å². The number of amides is 2. The van der Waals surface area contributed by atoms with Gasteiger partial charge in [-0.15, -0.1) is 0 Å². The van der Waals surface area contributed by atoms with Crippen molar-refractivity contribution in [2.75, 3.05) is 25.5 Å². The van der Waals surface area contributed by atoms with Gasteiger partial charge in [-0.1, -0.05) is 12.1 Å². The van der Waals surface area contributed by atoms with Crippen molar-refractivity contribution in [1.82, 2.24) is 19.5 Å². The van der Waals surface area contributed by atoms with Crippen LogP contribution in [0.1, 0.15) is 50.7 Å². The van der Waals surface area contributed by atoms with Crippen molar-refractivity contribution in [1.29, 1.82) is 0 Å². The third-order valence-electron chi connectivity index (χ3n) is 6.63. The van der Waals surface area contributed by atoms with E-state index in [1.807, 2.05) is 30.3 Å². The molecule has 1 N–H and O–H groups in total. The van der Waals surface area contributed by atoms with Gasteiger partial charge in [0.05, 0.1) is 12.6 Å². The van der Waals surface area contributed by atoms with Crippen molar-refractivity contribution in [2.24, 2.45) is 0 Å². The van der Waals surface area contributed by atoms with Crippen LogP contribution in [0.4, 0.5) is 18.9 Å². The van der Waals surface area contributed by atoms with Crippen molar-refractivity contribution >= 4 is 23.0 Å². The van der Waals surface area contributed by atoms with Crippen molar-refractivity contribution in [3.8, 4) is 5.88 Å². The van der Waals surface area contributed by atoms with Crippen LogP contribution in [0.15, 0.2) is 67.0 Å². The third-order valence-corrected chi connectivity index (χ3v) is 6.63. The third kappa shape index (κ3) is 5.31. The fourth-order valence-corrected chi connectivity index (χ4v) is 4.58. The van der Waals surface area contributed by atoms with Gasteiger partial charge in [0.15, 0.2) is 0 Å². The van der Waals surface area contributed by atoms with Crippen LogP contribution in [0.3, 0.4) is 0 Å². The number of nitrogens with one attached hydrogen (secondary N) is 1. The van der Waals surface area contributed by atoms with Crippen LogP contribution < -0.4 is 10.1 Å².